The second kappa shape index (κ2) is 9.85. The molecule has 0 saturated carbocycles. The third-order valence-corrected chi connectivity index (χ3v) is 6.58. The number of carbonyl (C=O) groups is 3. The number of anilines is 1. The fourth-order valence-corrected chi connectivity index (χ4v) is 4.64. The van der Waals surface area contributed by atoms with Crippen LogP contribution in [0.15, 0.2) is 77.7 Å². The van der Waals surface area contributed by atoms with Crippen LogP contribution in [0, 0.1) is 0 Å². The first-order chi connectivity index (χ1) is 16.8. The van der Waals surface area contributed by atoms with Crippen LogP contribution in [0.3, 0.4) is 0 Å². The average Bonchev–Trinajstić information content (AvgIpc) is 3.18. The lowest BCUT2D eigenvalue weighted by Crippen LogP contribution is -2.42. The zero-order valence-corrected chi connectivity index (χ0v) is 19.3. The Kier molecular flexibility index (Phi) is 6.69. The van der Waals surface area contributed by atoms with Crippen LogP contribution >= 0.6 is 0 Å². The molecule has 1 aliphatic heterocycles. The molecule has 0 aromatic heterocycles. The van der Waals surface area contributed by atoms with E-state index < -0.39 is 33.9 Å². The fourth-order valence-electron chi connectivity index (χ4n) is 3.53. The van der Waals surface area contributed by atoms with Crippen LogP contribution in [0.2, 0.25) is 0 Å². The number of fused-ring (bicyclic) bond motifs is 1. The predicted octanol–water partition coefficient (Wildman–Crippen LogP) is 2.56. The van der Waals surface area contributed by atoms with E-state index in [0.717, 1.165) is 0 Å². The van der Waals surface area contributed by atoms with E-state index in [1.165, 1.54) is 31.4 Å². The lowest BCUT2D eigenvalue weighted by atomic mass is 10.0. The van der Waals surface area contributed by atoms with Crippen LogP contribution in [0.1, 0.15) is 38.8 Å². The molecule has 1 aliphatic rings. The van der Waals surface area contributed by atoms with Gasteiger partial charge >= 0.3 is 5.97 Å². The molecule has 0 radical (unpaired) electrons. The predicted molar refractivity (Wildman–Crippen MR) is 125 cm³/mol. The third kappa shape index (κ3) is 5.25. The summed E-state index contributed by atoms with van der Waals surface area (Å²) < 4.78 is 38.4. The van der Waals surface area contributed by atoms with Crippen LogP contribution in [-0.4, -0.2) is 33.3 Å². The number of carbonyl (C=O) groups excluding carboxylic acids is 3. The van der Waals surface area contributed by atoms with Crippen molar-refractivity contribution < 1.29 is 32.3 Å². The fraction of sp³-hybridized carbons (Fsp3) is 0.125. The van der Waals surface area contributed by atoms with Gasteiger partial charge in [0, 0.05) is 11.1 Å². The Morgan fingerprint density at radius 3 is 2.51 bits per heavy atom. The molecule has 0 aliphatic carbocycles. The maximum Gasteiger partial charge on any atom is 0.339 e. The van der Waals surface area contributed by atoms with Gasteiger partial charge in [-0.1, -0.05) is 36.4 Å². The van der Waals surface area contributed by atoms with Crippen molar-refractivity contribution in [1.29, 1.82) is 0 Å². The maximum absolute atomic E-state index is 12.8. The Bertz CT molecular complexity index is 1410. The summed E-state index contributed by atoms with van der Waals surface area (Å²) in [6.07, 6.45) is -0.953. The smallest absolute Gasteiger partial charge is 0.339 e. The Labute approximate surface area is 201 Å². The summed E-state index contributed by atoms with van der Waals surface area (Å²) in [4.78, 5) is 36.6. The molecule has 0 fully saturated rings. The summed E-state index contributed by atoms with van der Waals surface area (Å²) in [7, 11) is -2.61. The Morgan fingerprint density at radius 2 is 1.71 bits per heavy atom. The number of cyclic esters (lactones) is 1. The molecule has 3 N–H and O–H groups in total. The van der Waals surface area contributed by atoms with Gasteiger partial charge < -0.3 is 9.47 Å². The van der Waals surface area contributed by atoms with E-state index in [2.05, 4.69) is 15.6 Å². The zero-order chi connectivity index (χ0) is 25.0. The lowest BCUT2D eigenvalue weighted by molar-refractivity contribution is -0.123. The van der Waals surface area contributed by atoms with Gasteiger partial charge in [0.05, 0.1) is 29.7 Å². The van der Waals surface area contributed by atoms with E-state index in [0.29, 0.717) is 16.9 Å². The number of hydrazine groups is 1. The molecule has 180 valence electrons. The summed E-state index contributed by atoms with van der Waals surface area (Å²) in [5, 5.41) is 0. The number of esters is 1. The Balaban J connectivity index is 1.39. The second-order valence-electron chi connectivity index (χ2n) is 7.52. The highest BCUT2D eigenvalue weighted by molar-refractivity contribution is 7.92. The first-order valence-corrected chi connectivity index (χ1v) is 11.9. The minimum atomic E-state index is -4.03. The summed E-state index contributed by atoms with van der Waals surface area (Å²) in [6.45, 7) is 0. The van der Waals surface area contributed by atoms with Gasteiger partial charge in [-0.15, -0.1) is 0 Å². The molecule has 0 spiro atoms. The van der Waals surface area contributed by atoms with E-state index in [9.17, 15) is 22.8 Å². The van der Waals surface area contributed by atoms with Crippen molar-refractivity contribution >= 4 is 33.5 Å². The minimum absolute atomic E-state index is 0.00541. The van der Waals surface area contributed by atoms with E-state index in [1.807, 2.05) is 0 Å². The molecular formula is C24H21N3O7S. The molecule has 0 unspecified atom stereocenters. The standard InChI is InChI=1S/C24H21N3O7S/c1-33-20-12-5-4-11-19(20)27-35(31,32)16-8-6-7-15(13-16)23(29)26-25-22(28)14-21-17-9-2-3-10-18(17)24(30)34-21/h2-13,21,27H,14H2,1H3,(H,25,28)(H,26,29)/t21-/m1/s1. The quantitative estimate of drug-likeness (QED) is 0.338. The number of sulfonamides is 1. The van der Waals surface area contributed by atoms with Gasteiger partial charge in [0.2, 0.25) is 5.91 Å². The molecule has 0 bridgehead atoms. The molecule has 0 saturated heterocycles. The molecule has 1 heterocycles. The SMILES string of the molecule is COc1ccccc1NS(=O)(=O)c1cccc(C(=O)NNC(=O)C[C@H]2OC(=O)c3ccccc32)c1. The van der Waals surface area contributed by atoms with E-state index in [-0.39, 0.29) is 22.6 Å². The van der Waals surface area contributed by atoms with Gasteiger partial charge in [0.15, 0.2) is 0 Å². The first-order valence-electron chi connectivity index (χ1n) is 10.4. The van der Waals surface area contributed by atoms with Gasteiger partial charge in [0.1, 0.15) is 11.9 Å². The summed E-state index contributed by atoms with van der Waals surface area (Å²) in [5.74, 6) is -1.49. The molecule has 3 aromatic rings. The van der Waals surface area contributed by atoms with Crippen molar-refractivity contribution in [2.24, 2.45) is 0 Å². The Hall–Kier alpha value is -4.38. The van der Waals surface area contributed by atoms with Crippen molar-refractivity contribution in [2.45, 2.75) is 17.4 Å². The normalized spacial score (nSPS) is 14.4. The summed E-state index contributed by atoms with van der Waals surface area (Å²) >= 11 is 0. The molecule has 3 aromatic carbocycles. The highest BCUT2D eigenvalue weighted by atomic mass is 32.2. The van der Waals surface area contributed by atoms with Crippen LogP contribution in [0.25, 0.3) is 0 Å². The topological polar surface area (TPSA) is 140 Å². The van der Waals surface area contributed by atoms with Crippen LogP contribution in [0.5, 0.6) is 5.75 Å². The average molecular weight is 496 g/mol. The minimum Gasteiger partial charge on any atom is -0.495 e. The summed E-state index contributed by atoms with van der Waals surface area (Å²) in [5.41, 5.74) is 5.74. The number of amides is 2. The van der Waals surface area contributed by atoms with Crippen molar-refractivity contribution in [3.8, 4) is 5.75 Å². The van der Waals surface area contributed by atoms with Crippen molar-refractivity contribution in [3.05, 3.63) is 89.5 Å². The molecule has 4 rings (SSSR count). The Morgan fingerprint density at radius 1 is 0.971 bits per heavy atom. The number of hydrogen-bond donors (Lipinski definition) is 3. The van der Waals surface area contributed by atoms with Crippen molar-refractivity contribution in [1.82, 2.24) is 10.9 Å². The highest BCUT2D eigenvalue weighted by Crippen LogP contribution is 2.32. The number of nitrogens with one attached hydrogen (secondary N) is 3. The summed E-state index contributed by atoms with van der Waals surface area (Å²) in [6, 6.07) is 18.6. The zero-order valence-electron chi connectivity index (χ0n) is 18.5. The largest absolute Gasteiger partial charge is 0.495 e. The van der Waals surface area contributed by atoms with Crippen molar-refractivity contribution in [2.75, 3.05) is 11.8 Å². The highest BCUT2D eigenvalue weighted by Gasteiger charge is 2.32. The third-order valence-electron chi connectivity index (χ3n) is 5.22. The van der Waals surface area contributed by atoms with Crippen LogP contribution in [-0.2, 0) is 19.6 Å². The number of benzene rings is 3. The van der Waals surface area contributed by atoms with Crippen molar-refractivity contribution in [3.63, 3.8) is 0 Å². The molecule has 1 atom stereocenters. The van der Waals surface area contributed by atoms with Gasteiger partial charge in [-0.2, -0.15) is 0 Å². The van der Waals surface area contributed by atoms with E-state index >= 15 is 0 Å². The molecule has 2 amide bonds. The second-order valence-corrected chi connectivity index (χ2v) is 9.20. The van der Waals surface area contributed by atoms with E-state index in [4.69, 9.17) is 9.47 Å². The van der Waals surface area contributed by atoms with Gasteiger partial charge in [-0.05, 0) is 36.4 Å². The number of hydrogen-bond acceptors (Lipinski definition) is 7. The number of methoxy groups -OCH3 is 1. The molecule has 11 heteroatoms. The lowest BCUT2D eigenvalue weighted by Gasteiger charge is -2.13. The number of rotatable bonds is 7. The van der Waals surface area contributed by atoms with E-state index in [1.54, 1.807) is 48.5 Å². The number of ether oxygens (including phenoxy) is 2. The number of para-hydroxylation sites is 2. The molecule has 35 heavy (non-hydrogen) atoms. The molecule has 10 nitrogen and oxygen atoms in total. The molecular weight excluding hydrogens is 474 g/mol. The van der Waals surface area contributed by atoms with Gasteiger partial charge in [-0.25, -0.2) is 13.2 Å². The first kappa shape index (κ1) is 23.8. The van der Waals surface area contributed by atoms with Crippen LogP contribution < -0.4 is 20.3 Å². The monoisotopic (exact) mass is 495 g/mol. The maximum atomic E-state index is 12.8. The van der Waals surface area contributed by atoms with Gasteiger partial charge in [-0.3, -0.25) is 25.2 Å². The van der Waals surface area contributed by atoms with Gasteiger partial charge in [0.25, 0.3) is 15.9 Å². The van der Waals surface area contributed by atoms with Crippen LogP contribution in [0.4, 0.5) is 5.69 Å².